The average Bonchev–Trinajstić information content (AvgIpc) is 2.60. The third kappa shape index (κ3) is 4.62. The number of nitrogens with one attached hydrogen (secondary N) is 2. The molecule has 0 saturated heterocycles. The van der Waals surface area contributed by atoms with E-state index in [1.54, 1.807) is 26.5 Å². The number of pyridine rings is 1. The van der Waals surface area contributed by atoms with Crippen LogP contribution in [0.15, 0.2) is 36.5 Å². The summed E-state index contributed by atoms with van der Waals surface area (Å²) in [6.45, 7) is 4.32. The summed E-state index contributed by atoms with van der Waals surface area (Å²) in [5.74, 6) is 1.30. The fraction of sp³-hybridized carbons (Fsp3) is 0.333. The van der Waals surface area contributed by atoms with E-state index in [0.717, 1.165) is 22.4 Å². The number of rotatable bonds is 6. The first-order valence-electron chi connectivity index (χ1n) is 7.71. The molecule has 0 aliphatic carbocycles. The highest BCUT2D eigenvalue weighted by Gasteiger charge is 2.14. The Kier molecular flexibility index (Phi) is 6.01. The summed E-state index contributed by atoms with van der Waals surface area (Å²) in [4.78, 5) is 16.2. The van der Waals surface area contributed by atoms with E-state index in [-0.39, 0.29) is 12.1 Å². The number of hydrogen-bond donors (Lipinski definition) is 2. The number of aryl methyl sites for hydroxylation is 1. The summed E-state index contributed by atoms with van der Waals surface area (Å²) in [5.41, 5.74) is 2.95. The molecule has 0 fully saturated rings. The van der Waals surface area contributed by atoms with Gasteiger partial charge in [0.1, 0.15) is 5.75 Å². The molecule has 2 N–H and O–H groups in total. The van der Waals surface area contributed by atoms with Crippen molar-refractivity contribution in [1.29, 1.82) is 0 Å². The van der Waals surface area contributed by atoms with E-state index in [0.29, 0.717) is 12.4 Å². The number of urea groups is 1. The van der Waals surface area contributed by atoms with Gasteiger partial charge in [-0.05, 0) is 25.5 Å². The summed E-state index contributed by atoms with van der Waals surface area (Å²) < 4.78 is 10.4. The molecular weight excluding hydrogens is 306 g/mol. The third-order valence-electron chi connectivity index (χ3n) is 3.66. The minimum absolute atomic E-state index is 0.172. The number of carbonyl (C=O) groups is 1. The van der Waals surface area contributed by atoms with Gasteiger partial charge < -0.3 is 20.1 Å². The molecule has 0 aliphatic heterocycles. The molecule has 0 bridgehead atoms. The van der Waals surface area contributed by atoms with Crippen LogP contribution in [0.3, 0.4) is 0 Å². The predicted octanol–water partition coefficient (Wildman–Crippen LogP) is 2.97. The molecular formula is C18H23N3O3. The van der Waals surface area contributed by atoms with Gasteiger partial charge in [0.05, 0.1) is 20.3 Å². The van der Waals surface area contributed by atoms with Crippen LogP contribution >= 0.6 is 0 Å². The first-order valence-corrected chi connectivity index (χ1v) is 7.71. The van der Waals surface area contributed by atoms with Crippen molar-refractivity contribution in [1.82, 2.24) is 15.6 Å². The standard InChI is InChI=1S/C18H23N3O3/c1-12-5-7-16(23-3)15(9-12)13(2)21-18(22)20-11-14-6-8-17(24-4)19-10-14/h5-10,13H,11H2,1-4H3,(H2,20,21,22). The minimum atomic E-state index is -0.248. The zero-order chi connectivity index (χ0) is 17.5. The van der Waals surface area contributed by atoms with Crippen LogP contribution in [0.1, 0.15) is 29.7 Å². The average molecular weight is 329 g/mol. The van der Waals surface area contributed by atoms with E-state index < -0.39 is 0 Å². The van der Waals surface area contributed by atoms with Crippen LogP contribution in [0.4, 0.5) is 4.79 Å². The van der Waals surface area contributed by atoms with Gasteiger partial charge in [0.2, 0.25) is 5.88 Å². The number of ether oxygens (including phenoxy) is 2. The topological polar surface area (TPSA) is 72.5 Å². The smallest absolute Gasteiger partial charge is 0.315 e. The van der Waals surface area contributed by atoms with Crippen LogP contribution in [0.2, 0.25) is 0 Å². The van der Waals surface area contributed by atoms with Crippen LogP contribution in [0.5, 0.6) is 11.6 Å². The molecule has 2 rings (SSSR count). The van der Waals surface area contributed by atoms with Crippen LogP contribution in [0.25, 0.3) is 0 Å². The van der Waals surface area contributed by atoms with Gasteiger partial charge in [0, 0.05) is 24.4 Å². The first kappa shape index (κ1) is 17.6. The summed E-state index contributed by atoms with van der Waals surface area (Å²) in [5, 5.41) is 5.73. The lowest BCUT2D eigenvalue weighted by Gasteiger charge is -2.18. The molecule has 0 saturated carbocycles. The van der Waals surface area contributed by atoms with Gasteiger partial charge in [-0.25, -0.2) is 9.78 Å². The fourth-order valence-electron chi connectivity index (χ4n) is 2.34. The maximum Gasteiger partial charge on any atom is 0.315 e. The van der Waals surface area contributed by atoms with E-state index in [4.69, 9.17) is 9.47 Å². The molecule has 1 heterocycles. The van der Waals surface area contributed by atoms with Crippen molar-refractivity contribution in [2.45, 2.75) is 26.4 Å². The fourth-order valence-corrected chi connectivity index (χ4v) is 2.34. The second-order valence-corrected chi connectivity index (χ2v) is 5.50. The molecule has 1 atom stereocenters. The Labute approximate surface area is 142 Å². The number of amides is 2. The number of methoxy groups -OCH3 is 2. The Morgan fingerprint density at radius 1 is 1.21 bits per heavy atom. The van der Waals surface area contributed by atoms with E-state index in [1.165, 1.54) is 0 Å². The lowest BCUT2D eigenvalue weighted by Crippen LogP contribution is -2.36. The lowest BCUT2D eigenvalue weighted by atomic mass is 10.0. The monoisotopic (exact) mass is 329 g/mol. The number of hydrogen-bond acceptors (Lipinski definition) is 4. The SMILES string of the molecule is COc1ccc(CNC(=O)NC(C)c2cc(C)ccc2OC)cn1. The van der Waals surface area contributed by atoms with Crippen LogP contribution in [-0.2, 0) is 6.54 Å². The summed E-state index contributed by atoms with van der Waals surface area (Å²) in [6, 6.07) is 9.09. The van der Waals surface area contributed by atoms with E-state index in [1.807, 2.05) is 38.1 Å². The summed E-state index contributed by atoms with van der Waals surface area (Å²) >= 11 is 0. The maximum absolute atomic E-state index is 12.1. The molecule has 1 aromatic heterocycles. The van der Waals surface area contributed by atoms with Crippen molar-refractivity contribution in [3.63, 3.8) is 0 Å². The van der Waals surface area contributed by atoms with Crippen molar-refractivity contribution < 1.29 is 14.3 Å². The Bertz CT molecular complexity index is 686. The molecule has 2 amide bonds. The Morgan fingerprint density at radius 3 is 2.62 bits per heavy atom. The van der Waals surface area contributed by atoms with Crippen LogP contribution < -0.4 is 20.1 Å². The Balaban J connectivity index is 1.92. The largest absolute Gasteiger partial charge is 0.496 e. The highest BCUT2D eigenvalue weighted by molar-refractivity contribution is 5.74. The third-order valence-corrected chi connectivity index (χ3v) is 3.66. The molecule has 6 nitrogen and oxygen atoms in total. The van der Waals surface area contributed by atoms with Crippen molar-refractivity contribution in [2.75, 3.05) is 14.2 Å². The second kappa shape index (κ2) is 8.19. The predicted molar refractivity (Wildman–Crippen MR) is 92.3 cm³/mol. The highest BCUT2D eigenvalue weighted by atomic mass is 16.5. The van der Waals surface area contributed by atoms with Gasteiger partial charge in [-0.15, -0.1) is 0 Å². The number of carbonyl (C=O) groups excluding carboxylic acids is 1. The van der Waals surface area contributed by atoms with Crippen LogP contribution in [0, 0.1) is 6.92 Å². The lowest BCUT2D eigenvalue weighted by molar-refractivity contribution is 0.237. The van der Waals surface area contributed by atoms with Gasteiger partial charge in [-0.1, -0.05) is 23.8 Å². The quantitative estimate of drug-likeness (QED) is 0.854. The molecule has 24 heavy (non-hydrogen) atoms. The molecule has 1 unspecified atom stereocenters. The second-order valence-electron chi connectivity index (χ2n) is 5.50. The summed E-state index contributed by atoms with van der Waals surface area (Å²) in [7, 11) is 3.19. The van der Waals surface area contributed by atoms with Gasteiger partial charge >= 0.3 is 6.03 Å². The number of aromatic nitrogens is 1. The van der Waals surface area contributed by atoms with Gasteiger partial charge in [0.15, 0.2) is 0 Å². The highest BCUT2D eigenvalue weighted by Crippen LogP contribution is 2.25. The van der Waals surface area contributed by atoms with Gasteiger partial charge in [-0.3, -0.25) is 0 Å². The van der Waals surface area contributed by atoms with Crippen LogP contribution in [-0.4, -0.2) is 25.2 Å². The van der Waals surface area contributed by atoms with Crippen molar-refractivity contribution in [3.05, 3.63) is 53.2 Å². The first-order chi connectivity index (χ1) is 11.5. The van der Waals surface area contributed by atoms with E-state index in [9.17, 15) is 4.79 Å². The van der Waals surface area contributed by atoms with Gasteiger partial charge in [0.25, 0.3) is 0 Å². The molecule has 1 aromatic carbocycles. The number of benzene rings is 1. The van der Waals surface area contributed by atoms with Gasteiger partial charge in [-0.2, -0.15) is 0 Å². The normalized spacial score (nSPS) is 11.5. The van der Waals surface area contributed by atoms with Crippen molar-refractivity contribution in [2.24, 2.45) is 0 Å². The van der Waals surface area contributed by atoms with E-state index in [2.05, 4.69) is 15.6 Å². The minimum Gasteiger partial charge on any atom is -0.496 e. The summed E-state index contributed by atoms with van der Waals surface area (Å²) in [6.07, 6.45) is 1.67. The van der Waals surface area contributed by atoms with Crippen molar-refractivity contribution >= 4 is 6.03 Å². The molecule has 128 valence electrons. The molecule has 0 radical (unpaired) electrons. The Morgan fingerprint density at radius 2 is 2.00 bits per heavy atom. The molecule has 0 spiro atoms. The zero-order valence-corrected chi connectivity index (χ0v) is 14.4. The van der Waals surface area contributed by atoms with Crippen molar-refractivity contribution in [3.8, 4) is 11.6 Å². The number of nitrogens with zero attached hydrogens (tertiary/aromatic N) is 1. The van der Waals surface area contributed by atoms with E-state index >= 15 is 0 Å². The molecule has 2 aromatic rings. The Hall–Kier alpha value is -2.76. The zero-order valence-electron chi connectivity index (χ0n) is 14.4. The molecule has 6 heteroatoms. The molecule has 0 aliphatic rings. The maximum atomic E-state index is 12.1.